The average Bonchev–Trinajstić information content (AvgIpc) is 2.54. The fraction of sp³-hybridized carbons (Fsp3) is 0.118. The summed E-state index contributed by atoms with van der Waals surface area (Å²) in [4.78, 5) is 35.1. The number of hydrogen-bond donors (Lipinski definition) is 2. The van der Waals surface area contributed by atoms with Gasteiger partial charge in [-0.3, -0.25) is 9.59 Å². The Morgan fingerprint density at radius 2 is 1.54 bits per heavy atom. The van der Waals surface area contributed by atoms with Gasteiger partial charge in [-0.1, -0.05) is 12.1 Å². The zero-order valence-corrected chi connectivity index (χ0v) is 12.8. The molecule has 2 N–H and O–H groups in total. The van der Waals surface area contributed by atoms with Crippen molar-refractivity contribution >= 4 is 29.2 Å². The highest BCUT2D eigenvalue weighted by Crippen LogP contribution is 2.13. The summed E-state index contributed by atoms with van der Waals surface area (Å²) in [5.74, 6) is -2.17. The zero-order chi connectivity index (χ0) is 17.5. The van der Waals surface area contributed by atoms with Crippen molar-refractivity contribution in [2.24, 2.45) is 0 Å². The average molecular weight is 330 g/mol. The Morgan fingerprint density at radius 3 is 2.12 bits per heavy atom. The van der Waals surface area contributed by atoms with Crippen LogP contribution in [0.1, 0.15) is 16.8 Å². The minimum atomic E-state index is -0.581. The molecule has 7 heteroatoms. The second-order valence-corrected chi connectivity index (χ2v) is 4.86. The van der Waals surface area contributed by atoms with Gasteiger partial charge in [-0.2, -0.15) is 0 Å². The van der Waals surface area contributed by atoms with Gasteiger partial charge in [0, 0.05) is 11.4 Å². The van der Waals surface area contributed by atoms with Gasteiger partial charge in [-0.15, -0.1) is 0 Å². The summed E-state index contributed by atoms with van der Waals surface area (Å²) in [6.07, 6.45) is -0.445. The summed E-state index contributed by atoms with van der Waals surface area (Å²) in [5.41, 5.74) is 0.904. The van der Waals surface area contributed by atoms with Crippen molar-refractivity contribution in [2.45, 2.75) is 6.42 Å². The number of carbonyl (C=O) groups excluding carboxylic acids is 3. The SMILES string of the molecule is COC(=O)c1cccc(NC(=O)CC(=O)Nc2cccc(F)c2)c1. The van der Waals surface area contributed by atoms with E-state index in [1.165, 1.54) is 37.4 Å². The first-order valence-electron chi connectivity index (χ1n) is 7.01. The molecule has 24 heavy (non-hydrogen) atoms. The second-order valence-electron chi connectivity index (χ2n) is 4.86. The highest BCUT2D eigenvalue weighted by Gasteiger charge is 2.12. The molecule has 0 bridgehead atoms. The zero-order valence-electron chi connectivity index (χ0n) is 12.8. The number of benzene rings is 2. The highest BCUT2D eigenvalue weighted by atomic mass is 19.1. The molecule has 0 radical (unpaired) electrons. The van der Waals surface area contributed by atoms with Crippen LogP contribution in [0.25, 0.3) is 0 Å². The third kappa shape index (κ3) is 4.91. The summed E-state index contributed by atoms with van der Waals surface area (Å²) in [7, 11) is 1.25. The molecule has 0 heterocycles. The predicted molar refractivity (Wildman–Crippen MR) is 86.1 cm³/mol. The van der Waals surface area contributed by atoms with E-state index >= 15 is 0 Å². The first kappa shape index (κ1) is 17.1. The Labute approximate surface area is 137 Å². The van der Waals surface area contributed by atoms with Crippen LogP contribution in [0.15, 0.2) is 48.5 Å². The molecular formula is C17H15FN2O4. The van der Waals surface area contributed by atoms with Crippen LogP contribution in [0.3, 0.4) is 0 Å². The third-order valence-corrected chi connectivity index (χ3v) is 3.00. The van der Waals surface area contributed by atoms with Crippen molar-refractivity contribution in [1.29, 1.82) is 0 Å². The van der Waals surface area contributed by atoms with Crippen LogP contribution in [0.5, 0.6) is 0 Å². The summed E-state index contributed by atoms with van der Waals surface area (Å²) in [6.45, 7) is 0. The first-order chi connectivity index (χ1) is 11.5. The minimum Gasteiger partial charge on any atom is -0.465 e. The predicted octanol–water partition coefficient (Wildman–Crippen LogP) is 2.58. The quantitative estimate of drug-likeness (QED) is 0.652. The van der Waals surface area contributed by atoms with Gasteiger partial charge < -0.3 is 15.4 Å². The second kappa shape index (κ2) is 7.87. The number of nitrogens with one attached hydrogen (secondary N) is 2. The molecule has 0 saturated carbocycles. The highest BCUT2D eigenvalue weighted by molar-refractivity contribution is 6.08. The van der Waals surface area contributed by atoms with Gasteiger partial charge in [-0.05, 0) is 36.4 Å². The summed E-state index contributed by atoms with van der Waals surface area (Å²) < 4.78 is 17.6. The van der Waals surface area contributed by atoms with Crippen molar-refractivity contribution in [1.82, 2.24) is 0 Å². The number of hydrogen-bond acceptors (Lipinski definition) is 4. The van der Waals surface area contributed by atoms with E-state index in [1.807, 2.05) is 0 Å². The molecule has 0 saturated heterocycles. The molecule has 0 unspecified atom stereocenters. The Morgan fingerprint density at radius 1 is 0.958 bits per heavy atom. The lowest BCUT2D eigenvalue weighted by atomic mass is 10.2. The van der Waals surface area contributed by atoms with Crippen molar-refractivity contribution in [3.8, 4) is 0 Å². The van der Waals surface area contributed by atoms with Crippen LogP contribution >= 0.6 is 0 Å². The van der Waals surface area contributed by atoms with Gasteiger partial charge >= 0.3 is 5.97 Å². The standard InChI is InChI=1S/C17H15FN2O4/c1-24-17(23)11-4-2-6-13(8-11)19-15(21)10-16(22)20-14-7-3-5-12(18)9-14/h2-9H,10H2,1H3,(H,19,21)(H,20,22). The number of halogens is 1. The molecule has 2 amide bonds. The molecule has 0 fully saturated rings. The van der Waals surface area contributed by atoms with Crippen LogP contribution in [-0.2, 0) is 14.3 Å². The largest absolute Gasteiger partial charge is 0.465 e. The normalized spacial score (nSPS) is 9.92. The monoisotopic (exact) mass is 330 g/mol. The van der Waals surface area contributed by atoms with Gasteiger partial charge in [-0.25, -0.2) is 9.18 Å². The lowest BCUT2D eigenvalue weighted by molar-refractivity contribution is -0.123. The van der Waals surface area contributed by atoms with E-state index in [-0.39, 0.29) is 11.3 Å². The number of carbonyl (C=O) groups is 3. The van der Waals surface area contributed by atoms with E-state index in [1.54, 1.807) is 12.1 Å². The van der Waals surface area contributed by atoms with E-state index in [2.05, 4.69) is 15.4 Å². The molecule has 0 aliphatic heterocycles. The van der Waals surface area contributed by atoms with Gasteiger partial charge in [0.1, 0.15) is 12.2 Å². The molecule has 2 aromatic carbocycles. The minimum absolute atomic E-state index is 0.264. The van der Waals surface area contributed by atoms with Crippen molar-refractivity contribution < 1.29 is 23.5 Å². The smallest absolute Gasteiger partial charge is 0.337 e. The summed E-state index contributed by atoms with van der Waals surface area (Å²) in [6, 6.07) is 11.5. The summed E-state index contributed by atoms with van der Waals surface area (Å²) >= 11 is 0. The molecule has 0 aromatic heterocycles. The maximum absolute atomic E-state index is 13.0. The molecular weight excluding hydrogens is 315 g/mol. The number of anilines is 2. The fourth-order valence-electron chi connectivity index (χ4n) is 1.96. The van der Waals surface area contributed by atoms with E-state index in [0.29, 0.717) is 5.69 Å². The first-order valence-corrected chi connectivity index (χ1v) is 7.01. The molecule has 0 spiro atoms. The molecule has 0 aliphatic rings. The van der Waals surface area contributed by atoms with Crippen molar-refractivity contribution in [3.63, 3.8) is 0 Å². The van der Waals surface area contributed by atoms with Crippen molar-refractivity contribution in [3.05, 3.63) is 59.9 Å². The Kier molecular flexibility index (Phi) is 5.62. The number of ether oxygens (including phenoxy) is 1. The Hall–Kier alpha value is -3.22. The lowest BCUT2D eigenvalue weighted by Crippen LogP contribution is -2.21. The van der Waals surface area contributed by atoms with E-state index < -0.39 is 30.0 Å². The van der Waals surface area contributed by atoms with Crippen molar-refractivity contribution in [2.75, 3.05) is 17.7 Å². The van der Waals surface area contributed by atoms with Gasteiger partial charge in [0.25, 0.3) is 0 Å². The van der Waals surface area contributed by atoms with Gasteiger partial charge in [0.2, 0.25) is 11.8 Å². The maximum atomic E-state index is 13.0. The molecule has 124 valence electrons. The fourth-order valence-corrected chi connectivity index (χ4v) is 1.96. The van der Waals surface area contributed by atoms with E-state index in [4.69, 9.17) is 0 Å². The number of rotatable bonds is 5. The van der Waals surface area contributed by atoms with Crippen LogP contribution in [0.4, 0.5) is 15.8 Å². The molecule has 2 aromatic rings. The summed E-state index contributed by atoms with van der Waals surface area (Å²) in [5, 5.41) is 4.93. The van der Waals surface area contributed by atoms with E-state index in [9.17, 15) is 18.8 Å². The van der Waals surface area contributed by atoms with E-state index in [0.717, 1.165) is 6.07 Å². The maximum Gasteiger partial charge on any atom is 0.337 e. The van der Waals surface area contributed by atoms with Gasteiger partial charge in [0.05, 0.1) is 12.7 Å². The Balaban J connectivity index is 1.93. The number of amides is 2. The van der Waals surface area contributed by atoms with Crippen LogP contribution in [-0.4, -0.2) is 24.9 Å². The molecule has 0 aliphatic carbocycles. The number of methoxy groups -OCH3 is 1. The van der Waals surface area contributed by atoms with Crippen LogP contribution in [0, 0.1) is 5.82 Å². The number of esters is 1. The molecule has 6 nitrogen and oxygen atoms in total. The third-order valence-electron chi connectivity index (χ3n) is 3.00. The lowest BCUT2D eigenvalue weighted by Gasteiger charge is -2.08. The topological polar surface area (TPSA) is 84.5 Å². The molecule has 2 rings (SSSR count). The van der Waals surface area contributed by atoms with Crippen LogP contribution in [0.2, 0.25) is 0 Å². The van der Waals surface area contributed by atoms with Crippen LogP contribution < -0.4 is 10.6 Å². The van der Waals surface area contributed by atoms with Gasteiger partial charge in [0.15, 0.2) is 0 Å². The molecule has 0 atom stereocenters. The Bertz CT molecular complexity index is 777.